The number of carbonyl (C=O) groups is 2. The summed E-state index contributed by atoms with van der Waals surface area (Å²) in [6, 6.07) is 4.88. The van der Waals surface area contributed by atoms with E-state index >= 15 is 0 Å². The maximum Gasteiger partial charge on any atom is 0.421 e. The van der Waals surface area contributed by atoms with E-state index in [4.69, 9.17) is 4.74 Å². The van der Waals surface area contributed by atoms with Gasteiger partial charge in [-0.2, -0.15) is 18.2 Å². The molecule has 34 heavy (non-hydrogen) atoms. The van der Waals surface area contributed by atoms with Gasteiger partial charge >= 0.3 is 12.2 Å². The molecule has 3 N–H and O–H groups in total. The number of carbonyl (C=O) groups excluding carboxylic acids is 2. The van der Waals surface area contributed by atoms with Crippen LogP contribution in [0.3, 0.4) is 0 Å². The van der Waals surface area contributed by atoms with Gasteiger partial charge < -0.3 is 30.5 Å². The molecule has 1 aromatic heterocycles. The molecular weight excluding hydrogens is 455 g/mol. The first-order chi connectivity index (χ1) is 16.2. The van der Waals surface area contributed by atoms with Crippen molar-refractivity contribution in [2.24, 2.45) is 0 Å². The summed E-state index contributed by atoms with van der Waals surface area (Å²) < 4.78 is 45.7. The first-order valence-electron chi connectivity index (χ1n) is 10.7. The fraction of sp³-hybridized carbons (Fsp3) is 0.429. The zero-order chi connectivity index (χ0) is 24.3. The number of amides is 3. The molecule has 4 rings (SSSR count). The van der Waals surface area contributed by atoms with Gasteiger partial charge in [0.2, 0.25) is 11.9 Å². The van der Waals surface area contributed by atoms with E-state index < -0.39 is 17.6 Å². The minimum absolute atomic E-state index is 0.0366. The predicted octanol–water partition coefficient (Wildman–Crippen LogP) is 2.53. The fourth-order valence-corrected chi connectivity index (χ4v) is 3.65. The molecule has 2 aliphatic heterocycles. The van der Waals surface area contributed by atoms with Crippen LogP contribution in [0.25, 0.3) is 0 Å². The number of aromatic nitrogens is 2. The van der Waals surface area contributed by atoms with Gasteiger partial charge in [0.1, 0.15) is 11.4 Å². The number of fused-ring (bicyclic) bond motifs is 1. The van der Waals surface area contributed by atoms with Crippen LogP contribution in [0.1, 0.15) is 11.1 Å². The Bertz CT molecular complexity index is 1070. The van der Waals surface area contributed by atoms with E-state index in [0.29, 0.717) is 43.9 Å². The van der Waals surface area contributed by atoms with Crippen molar-refractivity contribution in [2.75, 3.05) is 62.4 Å². The Morgan fingerprint density at radius 2 is 2.06 bits per heavy atom. The van der Waals surface area contributed by atoms with Gasteiger partial charge in [0.15, 0.2) is 0 Å². The number of benzene rings is 1. The molecule has 0 radical (unpaired) electrons. The molecule has 0 unspecified atom stereocenters. The van der Waals surface area contributed by atoms with E-state index in [0.717, 1.165) is 5.56 Å². The van der Waals surface area contributed by atoms with Crippen LogP contribution in [-0.2, 0) is 22.1 Å². The van der Waals surface area contributed by atoms with Gasteiger partial charge in [-0.3, -0.25) is 4.79 Å². The zero-order valence-electron chi connectivity index (χ0n) is 18.4. The summed E-state index contributed by atoms with van der Waals surface area (Å²) in [6.45, 7) is 2.09. The second kappa shape index (κ2) is 9.71. The SMILES string of the molecule is CN(CCNc1nc(Nc2ccc3c(c2)CC(=O)N3)ncc1C(F)(F)F)C(=O)N1CCOCC1. The van der Waals surface area contributed by atoms with Crippen molar-refractivity contribution in [3.05, 3.63) is 35.5 Å². The largest absolute Gasteiger partial charge is 0.421 e. The maximum absolute atomic E-state index is 13.5. The molecule has 2 aromatic rings. The third kappa shape index (κ3) is 5.47. The van der Waals surface area contributed by atoms with E-state index in [1.54, 1.807) is 30.1 Å². The van der Waals surface area contributed by atoms with Crippen molar-refractivity contribution < 1.29 is 27.5 Å². The first kappa shape index (κ1) is 23.5. The lowest BCUT2D eigenvalue weighted by Gasteiger charge is -2.31. The Morgan fingerprint density at radius 1 is 1.29 bits per heavy atom. The molecule has 0 spiro atoms. The molecule has 0 bridgehead atoms. The van der Waals surface area contributed by atoms with E-state index in [-0.39, 0.29) is 37.4 Å². The van der Waals surface area contributed by atoms with E-state index in [1.165, 1.54) is 4.90 Å². The summed E-state index contributed by atoms with van der Waals surface area (Å²) in [5, 5.41) is 8.27. The number of likely N-dealkylation sites (N-methyl/N-ethyl adjacent to an activating group) is 1. The van der Waals surface area contributed by atoms with Crippen molar-refractivity contribution in [3.63, 3.8) is 0 Å². The topological polar surface area (TPSA) is 112 Å². The number of hydrogen-bond donors (Lipinski definition) is 3. The Balaban J connectivity index is 1.43. The average molecular weight is 479 g/mol. The quantitative estimate of drug-likeness (QED) is 0.584. The Labute approximate surface area is 193 Å². The van der Waals surface area contributed by atoms with Crippen LogP contribution in [0.4, 0.5) is 41.1 Å². The minimum Gasteiger partial charge on any atom is -0.378 e. The van der Waals surface area contributed by atoms with Crippen LogP contribution in [0.5, 0.6) is 0 Å². The second-order valence-corrected chi connectivity index (χ2v) is 7.91. The van der Waals surface area contributed by atoms with Crippen LogP contribution < -0.4 is 16.0 Å². The summed E-state index contributed by atoms with van der Waals surface area (Å²) in [7, 11) is 1.59. The van der Waals surface area contributed by atoms with Gasteiger partial charge in [-0.1, -0.05) is 0 Å². The molecule has 1 aromatic carbocycles. The van der Waals surface area contributed by atoms with Crippen molar-refractivity contribution in [1.82, 2.24) is 19.8 Å². The van der Waals surface area contributed by atoms with Crippen molar-refractivity contribution in [3.8, 4) is 0 Å². The number of morpholine rings is 1. The van der Waals surface area contributed by atoms with Gasteiger partial charge in [-0.25, -0.2) is 9.78 Å². The van der Waals surface area contributed by atoms with E-state index in [1.807, 2.05) is 0 Å². The lowest BCUT2D eigenvalue weighted by molar-refractivity contribution is -0.137. The number of alkyl halides is 3. The normalized spacial score (nSPS) is 15.5. The number of rotatable bonds is 6. The summed E-state index contributed by atoms with van der Waals surface area (Å²) in [6.07, 6.45) is -3.73. The highest BCUT2D eigenvalue weighted by Gasteiger charge is 2.35. The molecule has 2 aliphatic rings. The third-order valence-corrected chi connectivity index (χ3v) is 5.43. The molecule has 13 heteroatoms. The number of hydrogen-bond acceptors (Lipinski definition) is 7. The highest BCUT2D eigenvalue weighted by Crippen LogP contribution is 2.34. The zero-order valence-corrected chi connectivity index (χ0v) is 18.4. The van der Waals surface area contributed by atoms with Gasteiger partial charge in [0.25, 0.3) is 0 Å². The van der Waals surface area contributed by atoms with Gasteiger partial charge in [-0.05, 0) is 23.8 Å². The monoisotopic (exact) mass is 479 g/mol. The first-order valence-corrected chi connectivity index (χ1v) is 10.7. The lowest BCUT2D eigenvalue weighted by Crippen LogP contribution is -2.47. The highest BCUT2D eigenvalue weighted by molar-refractivity contribution is 5.99. The highest BCUT2D eigenvalue weighted by atomic mass is 19.4. The number of urea groups is 1. The van der Waals surface area contributed by atoms with E-state index in [9.17, 15) is 22.8 Å². The van der Waals surface area contributed by atoms with E-state index in [2.05, 4.69) is 25.9 Å². The van der Waals surface area contributed by atoms with Crippen molar-refractivity contribution in [1.29, 1.82) is 0 Å². The summed E-state index contributed by atoms with van der Waals surface area (Å²) in [5.74, 6) is -0.554. The number of anilines is 4. The van der Waals surface area contributed by atoms with Crippen LogP contribution in [0.15, 0.2) is 24.4 Å². The molecular formula is C21H24F3N7O3. The number of ether oxygens (including phenoxy) is 1. The average Bonchev–Trinajstić information content (AvgIpc) is 3.17. The summed E-state index contributed by atoms with van der Waals surface area (Å²) >= 11 is 0. The molecule has 0 atom stereocenters. The summed E-state index contributed by atoms with van der Waals surface area (Å²) in [4.78, 5) is 34.8. The minimum atomic E-state index is -4.66. The Morgan fingerprint density at radius 3 is 2.79 bits per heavy atom. The number of halogens is 3. The summed E-state index contributed by atoms with van der Waals surface area (Å²) in [5.41, 5.74) is 0.996. The van der Waals surface area contributed by atoms with Crippen LogP contribution in [-0.4, -0.2) is 78.1 Å². The molecule has 3 amide bonds. The van der Waals surface area contributed by atoms with Gasteiger partial charge in [-0.15, -0.1) is 0 Å². The van der Waals surface area contributed by atoms with Gasteiger partial charge in [0, 0.05) is 50.8 Å². The Hall–Kier alpha value is -3.61. The predicted molar refractivity (Wildman–Crippen MR) is 118 cm³/mol. The molecule has 0 aliphatic carbocycles. The van der Waals surface area contributed by atoms with Crippen LogP contribution >= 0.6 is 0 Å². The maximum atomic E-state index is 13.5. The van der Waals surface area contributed by atoms with Crippen molar-refractivity contribution >= 4 is 35.1 Å². The van der Waals surface area contributed by atoms with Crippen molar-refractivity contribution in [2.45, 2.75) is 12.6 Å². The smallest absolute Gasteiger partial charge is 0.378 e. The molecule has 182 valence electrons. The molecule has 10 nitrogen and oxygen atoms in total. The standard InChI is InChI=1S/C21H24F3N7O3/c1-30(20(33)31-6-8-34-9-7-31)5-4-25-18-15(21(22,23)24)12-26-19(29-18)27-14-2-3-16-13(10-14)11-17(32)28-16/h2-3,10,12H,4-9,11H2,1H3,(H,28,32)(H2,25,26,27,29). The molecule has 1 fully saturated rings. The third-order valence-electron chi connectivity index (χ3n) is 5.43. The van der Waals surface area contributed by atoms with Crippen LogP contribution in [0, 0.1) is 0 Å². The number of nitrogens with zero attached hydrogens (tertiary/aromatic N) is 4. The lowest BCUT2D eigenvalue weighted by atomic mass is 10.1. The van der Waals surface area contributed by atoms with Gasteiger partial charge in [0.05, 0.1) is 19.6 Å². The molecule has 3 heterocycles. The van der Waals surface area contributed by atoms with Crippen LogP contribution in [0.2, 0.25) is 0 Å². The number of nitrogens with one attached hydrogen (secondary N) is 3. The molecule has 0 saturated carbocycles. The Kier molecular flexibility index (Phi) is 6.72. The fourth-order valence-electron chi connectivity index (χ4n) is 3.65. The second-order valence-electron chi connectivity index (χ2n) is 7.91. The molecule has 1 saturated heterocycles.